The van der Waals surface area contributed by atoms with Crippen LogP contribution in [0.2, 0.25) is 0 Å². The van der Waals surface area contributed by atoms with E-state index in [2.05, 4.69) is 11.8 Å². The number of hydrogen-bond donors (Lipinski definition) is 2. The van der Waals surface area contributed by atoms with E-state index >= 15 is 0 Å². The summed E-state index contributed by atoms with van der Waals surface area (Å²) in [5, 5.41) is 8.81. The highest BCUT2D eigenvalue weighted by atomic mass is 16.5. The molecule has 8 heteroatoms. The zero-order valence-corrected chi connectivity index (χ0v) is 16.2. The molecule has 0 spiro atoms. The molecule has 0 saturated carbocycles. The number of carbonyl (C=O) groups excluding carboxylic acids is 1. The number of nitrogens with zero attached hydrogens (tertiary/aromatic N) is 2. The van der Waals surface area contributed by atoms with Crippen molar-refractivity contribution in [3.63, 3.8) is 0 Å². The van der Waals surface area contributed by atoms with Crippen molar-refractivity contribution in [3.05, 3.63) is 23.8 Å². The zero-order chi connectivity index (χ0) is 20.0. The largest absolute Gasteiger partial charge is 0.497 e. The molecule has 0 bridgehead atoms. The molecule has 1 heterocycles. The number of rotatable bonds is 8. The minimum absolute atomic E-state index is 0.0436. The standard InChI is InChI=1S/C19H29N3O5/c1-13(15-12-14(26-2)4-6-17(15)27-3)21-8-10-22(11-9-21)18(23)7-5-16(20)19(24)25/h4,6,12-13,16H,5,7-11,20H2,1-3H3,(H,24,25)/t13?,16-/m0/s1. The first-order chi connectivity index (χ1) is 12.9. The number of hydrogen-bond acceptors (Lipinski definition) is 6. The van der Waals surface area contributed by atoms with E-state index in [-0.39, 0.29) is 24.8 Å². The molecule has 27 heavy (non-hydrogen) atoms. The highest BCUT2D eigenvalue weighted by molar-refractivity contribution is 5.78. The summed E-state index contributed by atoms with van der Waals surface area (Å²) in [7, 11) is 3.29. The molecule has 1 saturated heterocycles. The monoisotopic (exact) mass is 379 g/mol. The number of ether oxygens (including phenoxy) is 2. The molecule has 8 nitrogen and oxygen atoms in total. The van der Waals surface area contributed by atoms with Crippen molar-refractivity contribution in [2.45, 2.75) is 31.8 Å². The van der Waals surface area contributed by atoms with Crippen LogP contribution in [-0.2, 0) is 9.59 Å². The lowest BCUT2D eigenvalue weighted by Crippen LogP contribution is -2.49. The Morgan fingerprint density at radius 3 is 2.41 bits per heavy atom. The Kier molecular flexibility index (Phi) is 7.44. The molecule has 0 aliphatic carbocycles. The second-order valence-electron chi connectivity index (χ2n) is 6.68. The third kappa shape index (κ3) is 5.33. The van der Waals surface area contributed by atoms with Gasteiger partial charge in [-0.1, -0.05) is 0 Å². The van der Waals surface area contributed by atoms with Gasteiger partial charge in [-0.25, -0.2) is 0 Å². The van der Waals surface area contributed by atoms with Gasteiger partial charge in [0, 0.05) is 44.2 Å². The number of aliphatic carboxylic acids is 1. The van der Waals surface area contributed by atoms with E-state index in [1.165, 1.54) is 0 Å². The van der Waals surface area contributed by atoms with Crippen LogP contribution in [0.25, 0.3) is 0 Å². The van der Waals surface area contributed by atoms with Crippen LogP contribution in [0.1, 0.15) is 31.4 Å². The van der Waals surface area contributed by atoms with Crippen LogP contribution in [0.4, 0.5) is 0 Å². The van der Waals surface area contributed by atoms with E-state index in [4.69, 9.17) is 20.3 Å². The lowest BCUT2D eigenvalue weighted by molar-refractivity contribution is -0.139. The number of piperazine rings is 1. The summed E-state index contributed by atoms with van der Waals surface area (Å²) in [6, 6.07) is 4.88. The summed E-state index contributed by atoms with van der Waals surface area (Å²) in [6.45, 7) is 4.80. The number of benzene rings is 1. The van der Waals surface area contributed by atoms with Crippen molar-refractivity contribution in [3.8, 4) is 11.5 Å². The third-order valence-corrected chi connectivity index (χ3v) is 5.09. The van der Waals surface area contributed by atoms with Gasteiger partial charge in [0.25, 0.3) is 0 Å². The second kappa shape index (κ2) is 9.57. The van der Waals surface area contributed by atoms with E-state index in [1.807, 2.05) is 18.2 Å². The Balaban J connectivity index is 1.93. The Morgan fingerprint density at radius 2 is 1.85 bits per heavy atom. The molecule has 1 aliphatic heterocycles. The molecular formula is C19H29N3O5. The Morgan fingerprint density at radius 1 is 1.19 bits per heavy atom. The molecule has 1 amide bonds. The Bertz CT molecular complexity index is 659. The summed E-state index contributed by atoms with van der Waals surface area (Å²) in [4.78, 5) is 27.1. The summed E-state index contributed by atoms with van der Waals surface area (Å²) in [6.07, 6.45) is 0.318. The number of methoxy groups -OCH3 is 2. The summed E-state index contributed by atoms with van der Waals surface area (Å²) < 4.78 is 10.8. The predicted molar refractivity (Wildman–Crippen MR) is 101 cm³/mol. The molecule has 1 aliphatic rings. The van der Waals surface area contributed by atoms with Crippen molar-refractivity contribution in [1.82, 2.24) is 9.80 Å². The van der Waals surface area contributed by atoms with Gasteiger partial charge in [-0.2, -0.15) is 0 Å². The van der Waals surface area contributed by atoms with Crippen molar-refractivity contribution < 1.29 is 24.2 Å². The molecular weight excluding hydrogens is 350 g/mol. The van der Waals surface area contributed by atoms with Crippen LogP contribution >= 0.6 is 0 Å². The van der Waals surface area contributed by atoms with Crippen LogP contribution < -0.4 is 15.2 Å². The van der Waals surface area contributed by atoms with Gasteiger partial charge in [0.2, 0.25) is 5.91 Å². The fourth-order valence-corrected chi connectivity index (χ4v) is 3.28. The smallest absolute Gasteiger partial charge is 0.320 e. The van der Waals surface area contributed by atoms with Crippen LogP contribution in [0.3, 0.4) is 0 Å². The van der Waals surface area contributed by atoms with Crippen molar-refractivity contribution in [1.29, 1.82) is 0 Å². The molecule has 1 aromatic rings. The second-order valence-corrected chi connectivity index (χ2v) is 6.68. The lowest BCUT2D eigenvalue weighted by Gasteiger charge is -2.38. The van der Waals surface area contributed by atoms with Gasteiger partial charge < -0.3 is 25.2 Å². The van der Waals surface area contributed by atoms with Crippen molar-refractivity contribution in [2.24, 2.45) is 5.73 Å². The minimum atomic E-state index is -1.08. The molecule has 2 atom stereocenters. The minimum Gasteiger partial charge on any atom is -0.497 e. The maximum Gasteiger partial charge on any atom is 0.320 e. The maximum atomic E-state index is 12.3. The van der Waals surface area contributed by atoms with Crippen LogP contribution in [0, 0.1) is 0 Å². The lowest BCUT2D eigenvalue weighted by atomic mass is 10.0. The van der Waals surface area contributed by atoms with Crippen LogP contribution in [-0.4, -0.2) is 73.2 Å². The molecule has 0 radical (unpaired) electrons. The van der Waals surface area contributed by atoms with Crippen molar-refractivity contribution >= 4 is 11.9 Å². The van der Waals surface area contributed by atoms with E-state index < -0.39 is 12.0 Å². The van der Waals surface area contributed by atoms with Crippen molar-refractivity contribution in [2.75, 3.05) is 40.4 Å². The fourth-order valence-electron chi connectivity index (χ4n) is 3.28. The first-order valence-corrected chi connectivity index (χ1v) is 9.09. The van der Waals surface area contributed by atoms with Gasteiger partial charge in [-0.05, 0) is 31.5 Å². The number of carboxylic acid groups (broad SMARTS) is 1. The Labute approximate surface area is 159 Å². The molecule has 3 N–H and O–H groups in total. The number of nitrogens with two attached hydrogens (primary N) is 1. The highest BCUT2D eigenvalue weighted by Crippen LogP contribution is 2.33. The molecule has 1 unspecified atom stereocenters. The SMILES string of the molecule is COc1ccc(OC)c(C(C)N2CCN(C(=O)CC[C@H](N)C(=O)O)CC2)c1. The van der Waals surface area contributed by atoms with E-state index in [0.717, 1.165) is 30.2 Å². The Hall–Kier alpha value is -2.32. The van der Waals surface area contributed by atoms with E-state index in [0.29, 0.717) is 13.1 Å². The summed E-state index contributed by atoms with van der Waals surface area (Å²) in [5.74, 6) is 0.470. The molecule has 150 valence electrons. The summed E-state index contributed by atoms with van der Waals surface area (Å²) in [5.41, 5.74) is 6.52. The topological polar surface area (TPSA) is 105 Å². The molecule has 1 fully saturated rings. The highest BCUT2D eigenvalue weighted by Gasteiger charge is 2.27. The number of carboxylic acids is 1. The molecule has 2 rings (SSSR count). The first kappa shape index (κ1) is 21.0. The first-order valence-electron chi connectivity index (χ1n) is 9.09. The van der Waals surface area contributed by atoms with Gasteiger partial charge in [-0.3, -0.25) is 14.5 Å². The number of amides is 1. The third-order valence-electron chi connectivity index (χ3n) is 5.09. The number of carbonyl (C=O) groups is 2. The summed E-state index contributed by atoms with van der Waals surface area (Å²) >= 11 is 0. The van der Waals surface area contributed by atoms with Gasteiger partial charge >= 0.3 is 5.97 Å². The van der Waals surface area contributed by atoms with Gasteiger partial charge in [0.1, 0.15) is 17.5 Å². The van der Waals surface area contributed by atoms with Gasteiger partial charge in [-0.15, -0.1) is 0 Å². The fraction of sp³-hybridized carbons (Fsp3) is 0.579. The van der Waals surface area contributed by atoms with E-state index in [1.54, 1.807) is 19.1 Å². The van der Waals surface area contributed by atoms with E-state index in [9.17, 15) is 9.59 Å². The zero-order valence-electron chi connectivity index (χ0n) is 16.2. The van der Waals surface area contributed by atoms with Crippen LogP contribution in [0.15, 0.2) is 18.2 Å². The average Bonchev–Trinajstić information content (AvgIpc) is 2.70. The van der Waals surface area contributed by atoms with Gasteiger partial charge in [0.05, 0.1) is 14.2 Å². The van der Waals surface area contributed by atoms with Gasteiger partial charge in [0.15, 0.2) is 0 Å². The maximum absolute atomic E-state index is 12.3. The van der Waals surface area contributed by atoms with Crippen LogP contribution in [0.5, 0.6) is 11.5 Å². The predicted octanol–water partition coefficient (Wildman–Crippen LogP) is 1.10. The normalized spacial score (nSPS) is 17.3. The quantitative estimate of drug-likeness (QED) is 0.697. The average molecular weight is 379 g/mol. The molecule has 0 aromatic heterocycles. The molecule has 1 aromatic carbocycles.